The number of aryl methyl sites for hydroxylation is 2. The SMILES string of the molecule is [C-]#[N+]c1cc(-c2ccc(-n3c4ccccc4c4cc(C)ccc43)c(C(F)(F)F)c2-n2c3ccccc3c3cc(C)ccc32)cc(C(F)(F)F)c1. The number of hydrogen-bond donors (Lipinski definition) is 0. The standard InChI is InChI=1S/C41H25F6N3/c1-23-12-15-35-31(18-23)29-8-4-6-10-33(29)49(35)37-17-14-28(25-20-26(40(42,43)44)22-27(21-25)48-3)39(38(37)41(45,46)47)50-34-11-7-5-9-30(34)32-19-24(2)13-16-36(32)50/h4-22H,1-2H3. The van der Waals surface area contributed by atoms with E-state index < -0.39 is 23.5 Å². The molecule has 0 saturated heterocycles. The van der Waals surface area contributed by atoms with Gasteiger partial charge in [0.25, 0.3) is 0 Å². The van der Waals surface area contributed by atoms with Crippen molar-refractivity contribution >= 4 is 49.3 Å². The topological polar surface area (TPSA) is 14.2 Å². The van der Waals surface area contributed by atoms with Gasteiger partial charge < -0.3 is 9.13 Å². The Morgan fingerprint density at radius 1 is 0.540 bits per heavy atom. The molecular formula is C41H25F6N3. The van der Waals surface area contributed by atoms with Crippen LogP contribution < -0.4 is 0 Å². The number of hydrogen-bond acceptors (Lipinski definition) is 0. The number of alkyl halides is 6. The Balaban J connectivity index is 1.61. The quantitative estimate of drug-likeness (QED) is 0.131. The summed E-state index contributed by atoms with van der Waals surface area (Å²) in [5, 5.41) is 2.92. The highest BCUT2D eigenvalue weighted by Crippen LogP contribution is 2.48. The van der Waals surface area contributed by atoms with Crippen LogP contribution >= 0.6 is 0 Å². The molecule has 0 N–H and O–H groups in total. The second-order valence-electron chi connectivity index (χ2n) is 12.5. The van der Waals surface area contributed by atoms with E-state index in [2.05, 4.69) is 4.85 Å². The number of benzene rings is 6. The Morgan fingerprint density at radius 3 is 1.64 bits per heavy atom. The van der Waals surface area contributed by atoms with E-state index in [0.29, 0.717) is 38.9 Å². The maximum atomic E-state index is 16.1. The molecule has 0 unspecified atom stereocenters. The fourth-order valence-corrected chi connectivity index (χ4v) is 7.18. The van der Waals surface area contributed by atoms with E-state index in [1.54, 1.807) is 53.1 Å². The van der Waals surface area contributed by atoms with Gasteiger partial charge in [0.05, 0.1) is 40.0 Å². The smallest absolute Gasteiger partial charge is 0.309 e. The summed E-state index contributed by atoms with van der Waals surface area (Å²) in [5.41, 5.74) is 0.572. The minimum absolute atomic E-state index is 0.100. The Bertz CT molecular complexity index is 2720. The van der Waals surface area contributed by atoms with Gasteiger partial charge in [-0.2, -0.15) is 26.3 Å². The molecule has 3 nitrogen and oxygen atoms in total. The van der Waals surface area contributed by atoms with Crippen LogP contribution in [0.3, 0.4) is 0 Å². The second kappa shape index (κ2) is 11.0. The van der Waals surface area contributed by atoms with Crippen molar-refractivity contribution < 1.29 is 26.3 Å². The number of para-hydroxylation sites is 2. The normalized spacial score (nSPS) is 12.4. The molecule has 0 bridgehead atoms. The maximum Gasteiger partial charge on any atom is 0.420 e. The van der Waals surface area contributed by atoms with Crippen molar-refractivity contribution in [3.63, 3.8) is 0 Å². The highest BCUT2D eigenvalue weighted by Gasteiger charge is 2.41. The molecule has 0 fully saturated rings. The number of aromatic nitrogens is 2. The van der Waals surface area contributed by atoms with Crippen LogP contribution in [0.2, 0.25) is 0 Å². The van der Waals surface area contributed by atoms with Gasteiger partial charge in [-0.1, -0.05) is 65.7 Å². The zero-order valence-electron chi connectivity index (χ0n) is 26.6. The zero-order chi connectivity index (χ0) is 35.1. The first-order valence-corrected chi connectivity index (χ1v) is 15.7. The van der Waals surface area contributed by atoms with E-state index in [9.17, 15) is 13.2 Å². The second-order valence-corrected chi connectivity index (χ2v) is 12.5. The van der Waals surface area contributed by atoms with Gasteiger partial charge in [0.1, 0.15) is 5.56 Å². The average molecular weight is 674 g/mol. The fourth-order valence-electron chi connectivity index (χ4n) is 7.18. The lowest BCUT2D eigenvalue weighted by Crippen LogP contribution is -2.17. The third-order valence-corrected chi connectivity index (χ3v) is 9.25. The lowest BCUT2D eigenvalue weighted by molar-refractivity contribution is -0.138. The van der Waals surface area contributed by atoms with E-state index in [1.807, 2.05) is 50.2 Å². The van der Waals surface area contributed by atoms with Crippen molar-refractivity contribution in [3.05, 3.63) is 149 Å². The Hall–Kier alpha value is -6.01. The van der Waals surface area contributed by atoms with Crippen molar-refractivity contribution in [3.8, 4) is 22.5 Å². The van der Waals surface area contributed by atoms with Crippen molar-refractivity contribution in [2.24, 2.45) is 0 Å². The first kappa shape index (κ1) is 31.3. The molecule has 0 aliphatic carbocycles. The molecule has 0 aliphatic rings. The van der Waals surface area contributed by atoms with E-state index in [0.717, 1.165) is 28.0 Å². The van der Waals surface area contributed by atoms with Crippen molar-refractivity contribution in [2.45, 2.75) is 26.2 Å². The molecule has 0 spiro atoms. The number of nitrogens with zero attached hydrogens (tertiary/aromatic N) is 3. The van der Waals surface area contributed by atoms with E-state index >= 15 is 13.2 Å². The highest BCUT2D eigenvalue weighted by atomic mass is 19.4. The van der Waals surface area contributed by atoms with E-state index in [-0.39, 0.29) is 28.2 Å². The molecule has 9 heteroatoms. The summed E-state index contributed by atoms with van der Waals surface area (Å²) in [5.74, 6) is 0. The molecule has 246 valence electrons. The van der Waals surface area contributed by atoms with Gasteiger partial charge in [0, 0.05) is 32.7 Å². The summed E-state index contributed by atoms with van der Waals surface area (Å²) >= 11 is 0. The highest BCUT2D eigenvalue weighted by molar-refractivity contribution is 6.11. The van der Waals surface area contributed by atoms with Crippen molar-refractivity contribution in [1.82, 2.24) is 9.13 Å². The molecule has 0 radical (unpaired) electrons. The van der Waals surface area contributed by atoms with Gasteiger partial charge in [-0.25, -0.2) is 4.85 Å². The molecule has 0 atom stereocenters. The molecule has 2 heterocycles. The number of rotatable bonds is 3. The third kappa shape index (κ3) is 4.82. The monoisotopic (exact) mass is 673 g/mol. The summed E-state index contributed by atoms with van der Waals surface area (Å²) in [6, 6.07) is 30.7. The zero-order valence-corrected chi connectivity index (χ0v) is 26.6. The van der Waals surface area contributed by atoms with Gasteiger partial charge in [0.2, 0.25) is 0 Å². The minimum atomic E-state index is -4.99. The molecule has 0 amide bonds. The number of halogens is 6. The lowest BCUT2D eigenvalue weighted by atomic mass is 9.95. The largest absolute Gasteiger partial charge is 0.420 e. The van der Waals surface area contributed by atoms with Gasteiger partial charge in [-0.05, 0) is 80.1 Å². The lowest BCUT2D eigenvalue weighted by Gasteiger charge is -2.25. The summed E-state index contributed by atoms with van der Waals surface area (Å²) in [6.45, 7) is 11.3. The predicted octanol–water partition coefficient (Wildman–Crippen LogP) is 12.8. The minimum Gasteiger partial charge on any atom is -0.309 e. The fraction of sp³-hybridized carbons (Fsp3) is 0.0976. The Morgan fingerprint density at radius 2 is 1.08 bits per heavy atom. The third-order valence-electron chi connectivity index (χ3n) is 9.25. The van der Waals surface area contributed by atoms with Gasteiger partial charge in [-0.3, -0.25) is 0 Å². The Kier molecular flexibility index (Phi) is 6.88. The summed E-state index contributed by atoms with van der Waals surface area (Å²) in [4.78, 5) is 3.25. The molecule has 8 aromatic rings. The summed E-state index contributed by atoms with van der Waals surface area (Å²) in [7, 11) is 0. The van der Waals surface area contributed by atoms with Crippen LogP contribution in [0, 0.1) is 20.4 Å². The number of fused-ring (bicyclic) bond motifs is 6. The maximum absolute atomic E-state index is 16.1. The first-order chi connectivity index (χ1) is 23.8. The predicted molar refractivity (Wildman–Crippen MR) is 186 cm³/mol. The molecule has 2 aromatic heterocycles. The molecule has 6 aromatic carbocycles. The van der Waals surface area contributed by atoms with Crippen LogP contribution in [0.1, 0.15) is 22.3 Å². The van der Waals surface area contributed by atoms with E-state index in [4.69, 9.17) is 6.57 Å². The van der Waals surface area contributed by atoms with Crippen LogP contribution in [-0.4, -0.2) is 9.13 Å². The van der Waals surface area contributed by atoms with Gasteiger partial charge >= 0.3 is 12.4 Å². The molecule has 0 aliphatic heterocycles. The summed E-state index contributed by atoms with van der Waals surface area (Å²) < 4.78 is 93.8. The van der Waals surface area contributed by atoms with Gasteiger partial charge in [0.15, 0.2) is 5.69 Å². The average Bonchev–Trinajstić information content (AvgIpc) is 3.58. The van der Waals surface area contributed by atoms with E-state index in [1.165, 1.54) is 22.8 Å². The van der Waals surface area contributed by atoms with Crippen molar-refractivity contribution in [2.75, 3.05) is 0 Å². The molecule has 0 saturated carbocycles. The van der Waals surface area contributed by atoms with Gasteiger partial charge in [-0.15, -0.1) is 0 Å². The van der Waals surface area contributed by atoms with Crippen LogP contribution in [0.25, 0.3) is 71.0 Å². The van der Waals surface area contributed by atoms with Crippen LogP contribution in [0.5, 0.6) is 0 Å². The van der Waals surface area contributed by atoms with Crippen molar-refractivity contribution in [1.29, 1.82) is 0 Å². The first-order valence-electron chi connectivity index (χ1n) is 15.7. The van der Waals surface area contributed by atoms with Crippen LogP contribution in [-0.2, 0) is 12.4 Å². The molecular weight excluding hydrogens is 648 g/mol. The van der Waals surface area contributed by atoms with Crippen LogP contribution in [0.15, 0.2) is 115 Å². The summed E-state index contributed by atoms with van der Waals surface area (Å²) in [6.07, 6.45) is -9.83. The Labute approximate surface area is 282 Å². The molecule has 8 rings (SSSR count). The molecule has 50 heavy (non-hydrogen) atoms. The van der Waals surface area contributed by atoms with Crippen LogP contribution in [0.4, 0.5) is 32.0 Å².